The number of carboxylic acid groups (broad SMARTS) is 1. The average Bonchev–Trinajstić information content (AvgIpc) is 3.53. The van der Waals surface area contributed by atoms with Crippen molar-refractivity contribution in [3.05, 3.63) is 79.7 Å². The van der Waals surface area contributed by atoms with Gasteiger partial charge in [-0.25, -0.2) is 9.80 Å². The van der Waals surface area contributed by atoms with Crippen molar-refractivity contribution in [1.82, 2.24) is 10.0 Å². The molecule has 0 saturated carbocycles. The number of rotatable bonds is 11. The Balaban J connectivity index is 1.29. The minimum absolute atomic E-state index is 0.00543. The zero-order valence-electron chi connectivity index (χ0n) is 19.2. The molecular weight excluding hydrogens is 500 g/mol. The summed E-state index contributed by atoms with van der Waals surface area (Å²) in [5.41, 5.74) is 3.37. The lowest BCUT2D eigenvalue weighted by molar-refractivity contribution is 0.0148. The van der Waals surface area contributed by atoms with Gasteiger partial charge in [0.05, 0.1) is 6.10 Å². The number of carbonyl (C=O) groups is 2. The standard InChI is InChI=1S/C26H28N2O4S3/c29-22(17-21-3-1-2-19(16-21)4-5-20-10-14-33-18-20)8-11-27-13-15-34-26(32)28(27)12-9-23-6-7-24(35-23)25(30)31/h1-7,10,14,16,18,22,29H,8-9,11-13,15,17H2,(H,30,31)/b5-4+/t22-/m1/s1. The summed E-state index contributed by atoms with van der Waals surface area (Å²) in [5.74, 6) is -0.197. The van der Waals surface area contributed by atoms with Crippen molar-refractivity contribution < 1.29 is 19.8 Å². The highest BCUT2D eigenvalue weighted by Gasteiger charge is 2.27. The zero-order valence-corrected chi connectivity index (χ0v) is 21.7. The fourth-order valence-electron chi connectivity index (χ4n) is 3.92. The van der Waals surface area contributed by atoms with Crippen molar-refractivity contribution in [2.24, 2.45) is 0 Å². The monoisotopic (exact) mass is 528 g/mol. The molecule has 6 nitrogen and oxygen atoms in total. The Labute approximate surface area is 217 Å². The molecule has 3 heterocycles. The predicted octanol–water partition coefficient (Wildman–Crippen LogP) is 5.60. The second kappa shape index (κ2) is 12.5. The van der Waals surface area contributed by atoms with Crippen LogP contribution in [0.15, 0.2) is 53.2 Å². The minimum atomic E-state index is -0.925. The van der Waals surface area contributed by atoms with Gasteiger partial charge in [0.25, 0.3) is 5.24 Å². The lowest BCUT2D eigenvalue weighted by Crippen LogP contribution is -2.51. The third-order valence-electron chi connectivity index (χ3n) is 5.72. The van der Waals surface area contributed by atoms with Gasteiger partial charge in [-0.05, 0) is 58.5 Å². The van der Waals surface area contributed by atoms with Crippen LogP contribution in [0.1, 0.15) is 37.7 Å². The molecule has 1 aliphatic heterocycles. The first-order chi connectivity index (χ1) is 17.0. The molecular formula is C26H28N2O4S3. The van der Waals surface area contributed by atoms with E-state index in [1.807, 2.05) is 23.2 Å². The fourth-order valence-corrected chi connectivity index (χ4v) is 6.21. The lowest BCUT2D eigenvalue weighted by Gasteiger charge is -2.38. The fraction of sp³-hybridized carbons (Fsp3) is 0.308. The first kappa shape index (κ1) is 25.7. The molecule has 1 fully saturated rings. The molecule has 0 aliphatic carbocycles. The largest absolute Gasteiger partial charge is 0.477 e. The third-order valence-corrected chi connectivity index (χ3v) is 8.40. The number of aliphatic hydroxyl groups excluding tert-OH is 1. The van der Waals surface area contributed by atoms with Crippen LogP contribution >= 0.6 is 34.4 Å². The van der Waals surface area contributed by atoms with Crippen molar-refractivity contribution >= 4 is 57.8 Å². The smallest absolute Gasteiger partial charge is 0.345 e. The lowest BCUT2D eigenvalue weighted by atomic mass is 10.0. The summed E-state index contributed by atoms with van der Waals surface area (Å²) in [5, 5.41) is 27.8. The van der Waals surface area contributed by atoms with Crippen molar-refractivity contribution in [2.45, 2.75) is 25.4 Å². The van der Waals surface area contributed by atoms with Gasteiger partial charge >= 0.3 is 5.97 Å². The predicted molar refractivity (Wildman–Crippen MR) is 145 cm³/mol. The highest BCUT2D eigenvalue weighted by atomic mass is 32.2. The molecule has 1 atom stereocenters. The zero-order chi connectivity index (χ0) is 24.6. The number of hydrogen-bond donors (Lipinski definition) is 2. The van der Waals surface area contributed by atoms with Crippen LogP contribution < -0.4 is 0 Å². The summed E-state index contributed by atoms with van der Waals surface area (Å²) in [6, 6.07) is 13.7. The Morgan fingerprint density at radius 2 is 1.97 bits per heavy atom. The Kier molecular flexibility index (Phi) is 9.17. The van der Waals surface area contributed by atoms with Crippen LogP contribution in [0.2, 0.25) is 0 Å². The van der Waals surface area contributed by atoms with E-state index in [1.54, 1.807) is 22.4 Å². The summed E-state index contributed by atoms with van der Waals surface area (Å²) in [6.07, 6.45) is 5.39. The van der Waals surface area contributed by atoms with E-state index in [1.165, 1.54) is 28.7 Å². The van der Waals surface area contributed by atoms with Gasteiger partial charge in [-0.15, -0.1) is 11.3 Å². The molecule has 0 bridgehead atoms. The summed E-state index contributed by atoms with van der Waals surface area (Å²) in [4.78, 5) is 24.9. The van der Waals surface area contributed by atoms with Gasteiger partial charge in [0, 0.05) is 36.7 Å². The topological polar surface area (TPSA) is 81.1 Å². The Morgan fingerprint density at radius 1 is 1.11 bits per heavy atom. The van der Waals surface area contributed by atoms with E-state index in [-0.39, 0.29) is 5.24 Å². The number of amides is 1. The second-order valence-electron chi connectivity index (χ2n) is 8.29. The van der Waals surface area contributed by atoms with Gasteiger partial charge < -0.3 is 10.2 Å². The molecule has 2 aromatic heterocycles. The minimum Gasteiger partial charge on any atom is -0.477 e. The van der Waals surface area contributed by atoms with E-state index < -0.39 is 12.1 Å². The molecule has 1 saturated heterocycles. The normalized spacial score (nSPS) is 15.7. The Bertz CT molecular complexity index is 1160. The number of benzene rings is 1. The first-order valence-electron chi connectivity index (χ1n) is 11.5. The second-order valence-corrected chi connectivity index (χ2v) is 11.3. The number of thioether (sulfide) groups is 1. The summed E-state index contributed by atoms with van der Waals surface area (Å²) >= 11 is 4.22. The first-order valence-corrected chi connectivity index (χ1v) is 14.2. The van der Waals surface area contributed by atoms with E-state index in [9.17, 15) is 14.7 Å². The number of aromatic carboxylic acids is 1. The number of hydrogen-bond acceptors (Lipinski definition) is 7. The number of thiophene rings is 2. The molecule has 1 amide bonds. The molecule has 9 heteroatoms. The highest BCUT2D eigenvalue weighted by molar-refractivity contribution is 8.13. The molecule has 4 rings (SSSR count). The van der Waals surface area contributed by atoms with Gasteiger partial charge in [-0.3, -0.25) is 9.80 Å². The van der Waals surface area contributed by atoms with Gasteiger partial charge in [0.2, 0.25) is 0 Å². The number of carbonyl (C=O) groups excluding carboxylic acids is 1. The summed E-state index contributed by atoms with van der Waals surface area (Å²) in [6.45, 7) is 1.84. The molecule has 0 unspecified atom stereocenters. The van der Waals surface area contributed by atoms with E-state index in [0.29, 0.717) is 37.2 Å². The highest BCUT2D eigenvalue weighted by Crippen LogP contribution is 2.22. The molecule has 0 spiro atoms. The van der Waals surface area contributed by atoms with Crippen LogP contribution in [-0.4, -0.2) is 62.9 Å². The number of carboxylic acids is 1. The van der Waals surface area contributed by atoms with Gasteiger partial charge in [-0.2, -0.15) is 11.3 Å². The van der Waals surface area contributed by atoms with Crippen LogP contribution in [-0.2, 0) is 12.8 Å². The Morgan fingerprint density at radius 3 is 2.74 bits per heavy atom. The molecule has 1 aromatic carbocycles. The SMILES string of the molecule is O=C(O)c1ccc(CCN2C(=O)SCCN2CC[C@@H](O)Cc2cccc(/C=C/c3ccsc3)c2)s1. The molecule has 2 N–H and O–H groups in total. The quantitative estimate of drug-likeness (QED) is 0.337. The van der Waals surface area contributed by atoms with Crippen molar-refractivity contribution in [2.75, 3.05) is 25.4 Å². The number of hydrazine groups is 1. The maximum absolute atomic E-state index is 12.5. The van der Waals surface area contributed by atoms with Gasteiger partial charge in [0.1, 0.15) is 4.88 Å². The number of aliphatic hydroxyl groups is 1. The maximum Gasteiger partial charge on any atom is 0.345 e. The molecule has 0 radical (unpaired) electrons. The molecule has 1 aliphatic rings. The molecule has 184 valence electrons. The molecule has 35 heavy (non-hydrogen) atoms. The van der Waals surface area contributed by atoms with Gasteiger partial charge in [-0.1, -0.05) is 48.2 Å². The van der Waals surface area contributed by atoms with E-state index in [2.05, 4.69) is 41.1 Å². The van der Waals surface area contributed by atoms with Crippen molar-refractivity contribution in [3.63, 3.8) is 0 Å². The van der Waals surface area contributed by atoms with Gasteiger partial charge in [0.15, 0.2) is 0 Å². The van der Waals surface area contributed by atoms with Crippen LogP contribution in [0, 0.1) is 0 Å². The molecule has 3 aromatic rings. The van der Waals surface area contributed by atoms with Crippen molar-refractivity contribution in [3.8, 4) is 0 Å². The van der Waals surface area contributed by atoms with E-state index >= 15 is 0 Å². The summed E-state index contributed by atoms with van der Waals surface area (Å²) in [7, 11) is 0. The average molecular weight is 529 g/mol. The van der Waals surface area contributed by atoms with Crippen molar-refractivity contribution in [1.29, 1.82) is 0 Å². The summed E-state index contributed by atoms with van der Waals surface area (Å²) < 4.78 is 0. The number of nitrogens with zero attached hydrogens (tertiary/aromatic N) is 2. The van der Waals surface area contributed by atoms with E-state index in [4.69, 9.17) is 5.11 Å². The van der Waals surface area contributed by atoms with Crippen LogP contribution in [0.25, 0.3) is 12.2 Å². The Hall–Kier alpha value is -2.43. The van der Waals surface area contributed by atoms with E-state index in [0.717, 1.165) is 28.3 Å². The maximum atomic E-state index is 12.5. The third kappa shape index (κ3) is 7.52. The van der Waals surface area contributed by atoms with Crippen LogP contribution in [0.3, 0.4) is 0 Å². The van der Waals surface area contributed by atoms with Crippen LogP contribution in [0.4, 0.5) is 4.79 Å². The van der Waals surface area contributed by atoms with Crippen LogP contribution in [0.5, 0.6) is 0 Å².